The summed E-state index contributed by atoms with van der Waals surface area (Å²) in [6, 6.07) is 12.4. The number of hydrogen-bond acceptors (Lipinski definition) is 3. The number of aromatic carboxylic acids is 1. The summed E-state index contributed by atoms with van der Waals surface area (Å²) < 4.78 is 39.8. The van der Waals surface area contributed by atoms with Crippen LogP contribution in [0.5, 0.6) is 0 Å². The van der Waals surface area contributed by atoms with Gasteiger partial charge in [-0.3, -0.25) is 0 Å². The lowest BCUT2D eigenvalue weighted by Gasteiger charge is -2.08. The maximum Gasteiger partial charge on any atom is 0.335 e. The van der Waals surface area contributed by atoms with Gasteiger partial charge >= 0.3 is 5.97 Å². The summed E-state index contributed by atoms with van der Waals surface area (Å²) in [5.41, 5.74) is 0.787. The maximum atomic E-state index is 13.6. The molecule has 0 saturated heterocycles. The molecule has 2 N–H and O–H groups in total. The summed E-state index contributed by atoms with van der Waals surface area (Å²) in [5, 5.41) is 8.88. The summed E-state index contributed by atoms with van der Waals surface area (Å²) in [6.07, 6.45) is 0.341. The summed E-state index contributed by atoms with van der Waals surface area (Å²) in [7, 11) is -3.59. The second-order valence-corrected chi connectivity index (χ2v) is 6.91. The number of carboxylic acids is 1. The molecule has 0 aliphatic carbocycles. The molecule has 0 spiro atoms. The van der Waals surface area contributed by atoms with Gasteiger partial charge in [0.2, 0.25) is 10.0 Å². The van der Waals surface area contributed by atoms with Gasteiger partial charge in [0.25, 0.3) is 0 Å². The molecule has 0 aliphatic rings. The zero-order chi connectivity index (χ0) is 16.9. The first-order valence-corrected chi connectivity index (χ1v) is 8.55. The first-order valence-electron chi connectivity index (χ1n) is 6.90. The highest BCUT2D eigenvalue weighted by atomic mass is 32.2. The highest BCUT2D eigenvalue weighted by Crippen LogP contribution is 2.11. The van der Waals surface area contributed by atoms with Crippen LogP contribution in [0.15, 0.2) is 48.5 Å². The second-order valence-electron chi connectivity index (χ2n) is 4.99. The third-order valence-electron chi connectivity index (χ3n) is 3.28. The van der Waals surface area contributed by atoms with Crippen molar-refractivity contribution in [2.75, 3.05) is 5.75 Å². The van der Waals surface area contributed by atoms with Crippen molar-refractivity contribution in [3.63, 3.8) is 0 Å². The lowest BCUT2D eigenvalue weighted by molar-refractivity contribution is 0.0696. The molecule has 0 saturated carbocycles. The summed E-state index contributed by atoms with van der Waals surface area (Å²) in [4.78, 5) is 10.9. The molecule has 0 atom stereocenters. The maximum absolute atomic E-state index is 13.6. The van der Waals surface area contributed by atoms with Crippen molar-refractivity contribution in [1.29, 1.82) is 0 Å². The number of hydrogen-bond donors (Lipinski definition) is 2. The monoisotopic (exact) mass is 337 g/mol. The Kier molecular flexibility index (Phi) is 5.46. The fourth-order valence-electron chi connectivity index (χ4n) is 2.00. The molecule has 2 aromatic carbocycles. The molecule has 5 nitrogen and oxygen atoms in total. The van der Waals surface area contributed by atoms with E-state index in [-0.39, 0.29) is 23.4 Å². The molecule has 0 unspecified atom stereocenters. The molecule has 122 valence electrons. The van der Waals surface area contributed by atoms with Gasteiger partial charge in [0.15, 0.2) is 0 Å². The molecule has 2 rings (SSSR count). The second kappa shape index (κ2) is 7.34. The average molecular weight is 337 g/mol. The van der Waals surface area contributed by atoms with E-state index in [1.165, 1.54) is 0 Å². The largest absolute Gasteiger partial charge is 0.478 e. The van der Waals surface area contributed by atoms with Crippen LogP contribution in [-0.2, 0) is 23.0 Å². The summed E-state index contributed by atoms with van der Waals surface area (Å²) in [6.45, 7) is -0.288. The van der Waals surface area contributed by atoms with Crippen LogP contribution in [0.4, 0.5) is 4.39 Å². The average Bonchev–Trinajstić information content (AvgIpc) is 2.53. The van der Waals surface area contributed by atoms with Gasteiger partial charge in [-0.15, -0.1) is 0 Å². The number of benzene rings is 2. The molecule has 0 aliphatic heterocycles. The Morgan fingerprint density at radius 1 is 1.13 bits per heavy atom. The van der Waals surface area contributed by atoms with Crippen molar-refractivity contribution >= 4 is 16.0 Å². The van der Waals surface area contributed by atoms with E-state index in [9.17, 15) is 17.6 Å². The fraction of sp³-hybridized carbons (Fsp3) is 0.188. The molecule has 23 heavy (non-hydrogen) atoms. The summed E-state index contributed by atoms with van der Waals surface area (Å²) in [5.74, 6) is -1.98. The molecule has 0 aromatic heterocycles. The van der Waals surface area contributed by atoms with E-state index in [1.807, 2.05) is 30.3 Å². The Morgan fingerprint density at radius 2 is 1.83 bits per heavy atom. The van der Waals surface area contributed by atoms with E-state index in [2.05, 4.69) is 4.72 Å². The molecule has 2 aromatic rings. The van der Waals surface area contributed by atoms with Crippen molar-refractivity contribution in [3.8, 4) is 0 Å². The SMILES string of the molecule is O=C(O)c1ccc(F)c(CNS(=O)(=O)CCc2ccccc2)c1. The van der Waals surface area contributed by atoms with Gasteiger partial charge in [-0.25, -0.2) is 22.3 Å². The van der Waals surface area contributed by atoms with Crippen molar-refractivity contribution in [3.05, 3.63) is 71.0 Å². The molecule has 0 amide bonds. The predicted molar refractivity (Wildman–Crippen MR) is 84.1 cm³/mol. The minimum Gasteiger partial charge on any atom is -0.478 e. The number of sulfonamides is 1. The van der Waals surface area contributed by atoms with E-state index in [1.54, 1.807) is 0 Å². The van der Waals surface area contributed by atoms with Gasteiger partial charge in [0.1, 0.15) is 5.82 Å². The van der Waals surface area contributed by atoms with E-state index < -0.39 is 21.8 Å². The number of rotatable bonds is 7. The normalized spacial score (nSPS) is 11.3. The highest BCUT2D eigenvalue weighted by Gasteiger charge is 2.13. The Labute approximate surface area is 133 Å². The number of nitrogens with one attached hydrogen (secondary N) is 1. The molecular weight excluding hydrogens is 321 g/mol. The molecule has 0 fully saturated rings. The van der Waals surface area contributed by atoms with Gasteiger partial charge in [0.05, 0.1) is 11.3 Å². The molecule has 0 radical (unpaired) electrons. The predicted octanol–water partition coefficient (Wildman–Crippen LogP) is 2.19. The number of aryl methyl sites for hydroxylation is 1. The van der Waals surface area contributed by atoms with Crippen LogP contribution in [0.2, 0.25) is 0 Å². The third-order valence-corrected chi connectivity index (χ3v) is 4.60. The van der Waals surface area contributed by atoms with Crippen LogP contribution in [0, 0.1) is 5.82 Å². The van der Waals surface area contributed by atoms with Crippen LogP contribution >= 0.6 is 0 Å². The lowest BCUT2D eigenvalue weighted by atomic mass is 10.1. The first kappa shape index (κ1) is 17.1. The molecule has 7 heteroatoms. The Hall–Kier alpha value is -2.25. The van der Waals surface area contributed by atoms with Crippen LogP contribution in [-0.4, -0.2) is 25.2 Å². The number of carboxylic acid groups (broad SMARTS) is 1. The topological polar surface area (TPSA) is 83.5 Å². The molecular formula is C16H16FNO4S. The van der Waals surface area contributed by atoms with E-state index in [4.69, 9.17) is 5.11 Å². The molecule has 0 bridgehead atoms. The van der Waals surface area contributed by atoms with Crippen molar-refractivity contribution in [2.24, 2.45) is 0 Å². The van der Waals surface area contributed by atoms with Crippen molar-refractivity contribution in [1.82, 2.24) is 4.72 Å². The Bertz CT molecular complexity index is 791. The van der Waals surface area contributed by atoms with E-state index in [0.717, 1.165) is 23.8 Å². The third kappa shape index (κ3) is 5.15. The summed E-state index contributed by atoms with van der Waals surface area (Å²) >= 11 is 0. The Balaban J connectivity index is 1.99. The van der Waals surface area contributed by atoms with Crippen LogP contribution in [0.3, 0.4) is 0 Å². The van der Waals surface area contributed by atoms with Gasteiger partial charge < -0.3 is 5.11 Å². The van der Waals surface area contributed by atoms with Gasteiger partial charge in [-0.2, -0.15) is 0 Å². The van der Waals surface area contributed by atoms with E-state index in [0.29, 0.717) is 6.42 Å². The van der Waals surface area contributed by atoms with Crippen molar-refractivity contribution < 1.29 is 22.7 Å². The minimum atomic E-state index is -3.59. The van der Waals surface area contributed by atoms with Gasteiger partial charge in [0, 0.05) is 12.1 Å². The fourth-order valence-corrected chi connectivity index (χ4v) is 3.02. The number of carbonyl (C=O) groups is 1. The molecule has 0 heterocycles. The minimum absolute atomic E-state index is 0.00631. The standard InChI is InChI=1S/C16H16FNO4S/c17-15-7-6-13(16(19)20)10-14(15)11-18-23(21,22)9-8-12-4-2-1-3-5-12/h1-7,10,18H,8-9,11H2,(H,19,20). The highest BCUT2D eigenvalue weighted by molar-refractivity contribution is 7.89. The van der Waals surface area contributed by atoms with Crippen molar-refractivity contribution in [2.45, 2.75) is 13.0 Å². The zero-order valence-corrected chi connectivity index (χ0v) is 13.0. The van der Waals surface area contributed by atoms with Crippen LogP contribution < -0.4 is 4.72 Å². The van der Waals surface area contributed by atoms with Crippen LogP contribution in [0.25, 0.3) is 0 Å². The number of halogens is 1. The van der Waals surface area contributed by atoms with E-state index >= 15 is 0 Å². The zero-order valence-electron chi connectivity index (χ0n) is 12.2. The smallest absolute Gasteiger partial charge is 0.335 e. The van der Waals surface area contributed by atoms with Gasteiger partial charge in [-0.05, 0) is 30.2 Å². The first-order chi connectivity index (χ1) is 10.9. The Morgan fingerprint density at radius 3 is 2.48 bits per heavy atom. The van der Waals surface area contributed by atoms with Crippen LogP contribution in [0.1, 0.15) is 21.5 Å². The lowest BCUT2D eigenvalue weighted by Crippen LogP contribution is -2.27. The van der Waals surface area contributed by atoms with Gasteiger partial charge in [-0.1, -0.05) is 30.3 Å². The quantitative estimate of drug-likeness (QED) is 0.811.